The third-order valence-electron chi connectivity index (χ3n) is 6.14. The van der Waals surface area contributed by atoms with Gasteiger partial charge in [0.05, 0.1) is 0 Å². The second-order valence-electron chi connectivity index (χ2n) is 8.15. The van der Waals surface area contributed by atoms with Crippen molar-refractivity contribution in [3.05, 3.63) is 34.9 Å². The topological polar surface area (TPSA) is 99.0 Å². The second-order valence-corrected chi connectivity index (χ2v) is 8.15. The van der Waals surface area contributed by atoms with Gasteiger partial charge in [-0.15, -0.1) is 0 Å². The molecule has 1 unspecified atom stereocenters. The van der Waals surface area contributed by atoms with Gasteiger partial charge in [0.25, 0.3) is 5.91 Å². The predicted octanol–water partition coefficient (Wildman–Crippen LogP) is -0.0860. The molecule has 1 atom stereocenters. The van der Waals surface area contributed by atoms with Crippen molar-refractivity contribution in [2.75, 3.05) is 39.3 Å². The quantitative estimate of drug-likeness (QED) is 0.649. The Labute approximate surface area is 171 Å². The van der Waals surface area contributed by atoms with Gasteiger partial charge >= 0.3 is 0 Å². The van der Waals surface area contributed by atoms with Crippen LogP contribution in [0.3, 0.4) is 0 Å². The molecule has 3 aliphatic heterocycles. The SMILES string of the molecule is NCCCN1CCN(Cc2ccc3c(c2)C(=O)N(C2CCC(=O)NC2=O)C3)CC1. The fourth-order valence-electron chi connectivity index (χ4n) is 4.44. The number of benzene rings is 1. The highest BCUT2D eigenvalue weighted by Gasteiger charge is 2.39. The van der Waals surface area contributed by atoms with Gasteiger partial charge in [-0.1, -0.05) is 12.1 Å². The molecule has 0 aromatic heterocycles. The van der Waals surface area contributed by atoms with Gasteiger partial charge in [0.2, 0.25) is 11.8 Å². The fourth-order valence-corrected chi connectivity index (χ4v) is 4.44. The number of fused-ring (bicyclic) bond motifs is 1. The van der Waals surface area contributed by atoms with Gasteiger partial charge in [0.15, 0.2) is 0 Å². The van der Waals surface area contributed by atoms with Crippen LogP contribution in [0.25, 0.3) is 0 Å². The first-order valence-corrected chi connectivity index (χ1v) is 10.5. The first kappa shape index (κ1) is 20.0. The molecule has 1 aromatic rings. The van der Waals surface area contributed by atoms with E-state index < -0.39 is 6.04 Å². The molecule has 8 nitrogen and oxygen atoms in total. The first-order valence-electron chi connectivity index (χ1n) is 10.5. The molecule has 0 saturated carbocycles. The van der Waals surface area contributed by atoms with Gasteiger partial charge in [0, 0.05) is 51.3 Å². The highest BCUT2D eigenvalue weighted by molar-refractivity contribution is 6.05. The number of nitrogens with zero attached hydrogens (tertiary/aromatic N) is 3. The van der Waals surface area contributed by atoms with Gasteiger partial charge in [-0.3, -0.25) is 24.6 Å². The molecule has 2 saturated heterocycles. The zero-order chi connectivity index (χ0) is 20.4. The third kappa shape index (κ3) is 4.34. The minimum atomic E-state index is -0.558. The minimum Gasteiger partial charge on any atom is -0.330 e. The molecule has 3 amide bonds. The average Bonchev–Trinajstić information content (AvgIpc) is 3.03. The smallest absolute Gasteiger partial charge is 0.255 e. The van der Waals surface area contributed by atoms with Crippen molar-refractivity contribution in [2.45, 2.75) is 38.4 Å². The van der Waals surface area contributed by atoms with Crippen molar-refractivity contribution in [1.82, 2.24) is 20.0 Å². The third-order valence-corrected chi connectivity index (χ3v) is 6.14. The van der Waals surface area contributed by atoms with E-state index in [9.17, 15) is 14.4 Å². The Hall–Kier alpha value is -2.29. The van der Waals surface area contributed by atoms with Crippen LogP contribution < -0.4 is 11.1 Å². The van der Waals surface area contributed by atoms with E-state index in [1.54, 1.807) is 4.90 Å². The van der Waals surface area contributed by atoms with E-state index >= 15 is 0 Å². The van der Waals surface area contributed by atoms with Crippen LogP contribution in [0.4, 0.5) is 0 Å². The van der Waals surface area contributed by atoms with Crippen LogP contribution in [-0.4, -0.2) is 77.7 Å². The van der Waals surface area contributed by atoms with Crippen LogP contribution >= 0.6 is 0 Å². The van der Waals surface area contributed by atoms with E-state index in [1.807, 2.05) is 12.1 Å². The largest absolute Gasteiger partial charge is 0.330 e. The van der Waals surface area contributed by atoms with E-state index in [-0.39, 0.29) is 24.1 Å². The zero-order valence-electron chi connectivity index (χ0n) is 16.7. The Morgan fingerprint density at radius 1 is 1.07 bits per heavy atom. The van der Waals surface area contributed by atoms with E-state index in [1.165, 1.54) is 0 Å². The van der Waals surface area contributed by atoms with Crippen molar-refractivity contribution in [3.8, 4) is 0 Å². The van der Waals surface area contributed by atoms with Crippen LogP contribution in [0.1, 0.15) is 40.7 Å². The summed E-state index contributed by atoms with van der Waals surface area (Å²) in [6.07, 6.45) is 1.71. The van der Waals surface area contributed by atoms with Gasteiger partial charge in [0.1, 0.15) is 6.04 Å². The number of piperazine rings is 1. The number of nitrogens with two attached hydrogens (primary N) is 1. The van der Waals surface area contributed by atoms with Crippen LogP contribution in [0.15, 0.2) is 18.2 Å². The molecule has 0 aliphatic carbocycles. The predicted molar refractivity (Wildman–Crippen MR) is 108 cm³/mol. The molecule has 0 radical (unpaired) electrons. The maximum Gasteiger partial charge on any atom is 0.255 e. The molecule has 1 aromatic carbocycles. The Bertz CT molecular complexity index is 804. The maximum atomic E-state index is 12.9. The van der Waals surface area contributed by atoms with Crippen LogP contribution in [0.5, 0.6) is 0 Å². The van der Waals surface area contributed by atoms with Gasteiger partial charge in [-0.2, -0.15) is 0 Å². The lowest BCUT2D eigenvalue weighted by atomic mass is 10.0. The summed E-state index contributed by atoms with van der Waals surface area (Å²) in [6.45, 7) is 7.17. The zero-order valence-corrected chi connectivity index (χ0v) is 16.7. The molecular weight excluding hydrogens is 370 g/mol. The molecule has 4 rings (SSSR count). The van der Waals surface area contributed by atoms with Crippen molar-refractivity contribution in [3.63, 3.8) is 0 Å². The molecule has 2 fully saturated rings. The summed E-state index contributed by atoms with van der Waals surface area (Å²) in [5, 5.41) is 2.35. The summed E-state index contributed by atoms with van der Waals surface area (Å²) in [6, 6.07) is 5.51. The number of piperidine rings is 1. The standard InChI is InChI=1S/C21H29N5O3/c22-6-1-7-24-8-10-25(11-9-24)13-15-2-3-16-14-26(21(29)17(16)12-15)18-4-5-19(27)23-20(18)28/h2-3,12,18H,1,4-11,13-14,22H2,(H,23,27,28). The minimum absolute atomic E-state index is 0.108. The molecule has 8 heteroatoms. The number of hydrogen-bond donors (Lipinski definition) is 2. The molecular formula is C21H29N5O3. The van der Waals surface area contributed by atoms with Crippen molar-refractivity contribution in [2.24, 2.45) is 5.73 Å². The fraction of sp³-hybridized carbons (Fsp3) is 0.571. The molecule has 0 bridgehead atoms. The molecule has 3 aliphatic rings. The Balaban J connectivity index is 1.37. The molecule has 3 heterocycles. The number of carbonyl (C=O) groups is 3. The molecule has 3 N–H and O–H groups in total. The second kappa shape index (κ2) is 8.61. The Kier molecular flexibility index (Phi) is 5.94. The average molecular weight is 399 g/mol. The van der Waals surface area contributed by atoms with E-state index in [2.05, 4.69) is 21.2 Å². The lowest BCUT2D eigenvalue weighted by Gasteiger charge is -2.34. The van der Waals surface area contributed by atoms with Gasteiger partial charge < -0.3 is 15.5 Å². The lowest BCUT2D eigenvalue weighted by Crippen LogP contribution is -2.52. The number of imide groups is 1. The van der Waals surface area contributed by atoms with Crippen molar-refractivity contribution in [1.29, 1.82) is 0 Å². The van der Waals surface area contributed by atoms with Crippen molar-refractivity contribution >= 4 is 17.7 Å². The summed E-state index contributed by atoms with van der Waals surface area (Å²) in [5.74, 6) is -0.737. The highest BCUT2D eigenvalue weighted by Crippen LogP contribution is 2.28. The summed E-state index contributed by atoms with van der Waals surface area (Å²) in [4.78, 5) is 43.0. The van der Waals surface area contributed by atoms with Crippen LogP contribution in [0, 0.1) is 0 Å². The summed E-state index contributed by atoms with van der Waals surface area (Å²) < 4.78 is 0. The first-order chi connectivity index (χ1) is 14.0. The summed E-state index contributed by atoms with van der Waals surface area (Å²) >= 11 is 0. The maximum absolute atomic E-state index is 12.9. The van der Waals surface area contributed by atoms with Crippen LogP contribution in [0.2, 0.25) is 0 Å². The van der Waals surface area contributed by atoms with Gasteiger partial charge in [-0.05, 0) is 43.1 Å². The molecule has 0 spiro atoms. The number of hydrogen-bond acceptors (Lipinski definition) is 6. The van der Waals surface area contributed by atoms with Crippen molar-refractivity contribution < 1.29 is 14.4 Å². The van der Waals surface area contributed by atoms with E-state index in [0.29, 0.717) is 18.5 Å². The number of carbonyl (C=O) groups excluding carboxylic acids is 3. The van der Waals surface area contributed by atoms with Crippen LogP contribution in [-0.2, 0) is 22.7 Å². The normalized spacial score (nSPS) is 23.4. The number of amides is 3. The van der Waals surface area contributed by atoms with E-state index in [0.717, 1.165) is 63.4 Å². The summed E-state index contributed by atoms with van der Waals surface area (Å²) in [5.41, 5.74) is 8.36. The lowest BCUT2D eigenvalue weighted by molar-refractivity contribution is -0.136. The molecule has 29 heavy (non-hydrogen) atoms. The Morgan fingerprint density at radius 2 is 1.83 bits per heavy atom. The van der Waals surface area contributed by atoms with Gasteiger partial charge in [-0.25, -0.2) is 0 Å². The number of nitrogens with one attached hydrogen (secondary N) is 1. The monoisotopic (exact) mass is 399 g/mol. The highest BCUT2D eigenvalue weighted by atomic mass is 16.2. The molecule has 156 valence electrons. The number of rotatable bonds is 6. The van der Waals surface area contributed by atoms with E-state index in [4.69, 9.17) is 5.73 Å². The summed E-state index contributed by atoms with van der Waals surface area (Å²) in [7, 11) is 0. The Morgan fingerprint density at radius 3 is 2.55 bits per heavy atom.